The van der Waals surface area contributed by atoms with Gasteiger partial charge in [0, 0.05) is 0 Å². The molecule has 96 valence electrons. The summed E-state index contributed by atoms with van der Waals surface area (Å²) in [6.45, 7) is -1.44. The van der Waals surface area contributed by atoms with E-state index in [0.29, 0.717) is 0 Å². The molecule has 1 aromatic rings. The first-order valence-corrected chi connectivity index (χ1v) is 4.87. The van der Waals surface area contributed by atoms with Crippen molar-refractivity contribution in [3.8, 4) is 5.75 Å². The molecule has 0 bridgehead atoms. The van der Waals surface area contributed by atoms with Gasteiger partial charge in [-0.2, -0.15) is 0 Å². The van der Waals surface area contributed by atoms with E-state index >= 15 is 0 Å². The SMILES string of the molecule is COc1c(N)ncnc1NC(CO)(CO)CO. The Balaban J connectivity index is 3.05. The Labute approximate surface area is 98.1 Å². The third-order valence-corrected chi connectivity index (χ3v) is 2.33. The van der Waals surface area contributed by atoms with Crippen LogP contribution in [0.5, 0.6) is 5.75 Å². The van der Waals surface area contributed by atoms with Crippen LogP contribution in [0.1, 0.15) is 0 Å². The van der Waals surface area contributed by atoms with Crippen molar-refractivity contribution in [1.82, 2.24) is 9.97 Å². The Morgan fingerprint density at radius 1 is 1.29 bits per heavy atom. The zero-order valence-electron chi connectivity index (χ0n) is 9.42. The van der Waals surface area contributed by atoms with E-state index in [0.717, 1.165) is 0 Å². The number of anilines is 2. The average Bonchev–Trinajstić information content (AvgIpc) is 2.36. The number of aliphatic hydroxyl groups is 3. The zero-order chi connectivity index (χ0) is 12.9. The van der Waals surface area contributed by atoms with Gasteiger partial charge in [0.05, 0.1) is 26.9 Å². The lowest BCUT2D eigenvalue weighted by Gasteiger charge is -2.29. The largest absolute Gasteiger partial charge is 0.490 e. The van der Waals surface area contributed by atoms with E-state index < -0.39 is 25.4 Å². The van der Waals surface area contributed by atoms with Crippen LogP contribution in [0.4, 0.5) is 11.6 Å². The highest BCUT2D eigenvalue weighted by Crippen LogP contribution is 2.28. The summed E-state index contributed by atoms with van der Waals surface area (Å²) < 4.78 is 5.00. The van der Waals surface area contributed by atoms with Crippen molar-refractivity contribution < 1.29 is 20.1 Å². The molecule has 0 amide bonds. The van der Waals surface area contributed by atoms with E-state index in [4.69, 9.17) is 10.5 Å². The Hall–Kier alpha value is -1.64. The first-order chi connectivity index (χ1) is 8.12. The maximum atomic E-state index is 9.17. The summed E-state index contributed by atoms with van der Waals surface area (Å²) in [5.41, 5.74) is 4.27. The summed E-state index contributed by atoms with van der Waals surface area (Å²) in [5, 5.41) is 30.2. The molecule has 0 spiro atoms. The number of nitrogens with two attached hydrogens (primary N) is 1. The molecule has 0 saturated carbocycles. The Kier molecular flexibility index (Phi) is 4.44. The number of nitrogens with zero attached hydrogens (tertiary/aromatic N) is 2. The summed E-state index contributed by atoms with van der Waals surface area (Å²) in [6.07, 6.45) is 1.21. The summed E-state index contributed by atoms with van der Waals surface area (Å²) in [4.78, 5) is 7.61. The maximum absolute atomic E-state index is 9.17. The van der Waals surface area contributed by atoms with E-state index in [1.165, 1.54) is 13.4 Å². The number of aliphatic hydroxyl groups excluding tert-OH is 3. The van der Waals surface area contributed by atoms with E-state index in [9.17, 15) is 15.3 Å². The smallest absolute Gasteiger partial charge is 0.203 e. The van der Waals surface area contributed by atoms with E-state index in [2.05, 4.69) is 15.3 Å². The van der Waals surface area contributed by atoms with Gasteiger partial charge in [0.15, 0.2) is 11.6 Å². The molecule has 0 unspecified atom stereocenters. The lowest BCUT2D eigenvalue weighted by Crippen LogP contribution is -2.49. The second kappa shape index (κ2) is 5.62. The van der Waals surface area contributed by atoms with Crippen LogP contribution in [0.15, 0.2) is 6.33 Å². The van der Waals surface area contributed by atoms with Crippen molar-refractivity contribution in [3.63, 3.8) is 0 Å². The highest BCUT2D eigenvalue weighted by molar-refractivity contribution is 5.62. The number of rotatable bonds is 6. The highest BCUT2D eigenvalue weighted by atomic mass is 16.5. The zero-order valence-corrected chi connectivity index (χ0v) is 9.42. The van der Waals surface area contributed by atoms with Crippen molar-refractivity contribution in [2.75, 3.05) is 38.0 Å². The molecule has 0 radical (unpaired) electrons. The fourth-order valence-corrected chi connectivity index (χ4v) is 1.20. The van der Waals surface area contributed by atoms with E-state index in [-0.39, 0.29) is 17.4 Å². The summed E-state index contributed by atoms with van der Waals surface area (Å²) in [6, 6.07) is 0. The molecular formula is C9H16N4O4. The minimum absolute atomic E-state index is 0.118. The maximum Gasteiger partial charge on any atom is 0.203 e. The summed E-state index contributed by atoms with van der Waals surface area (Å²) >= 11 is 0. The molecule has 0 aliphatic rings. The van der Waals surface area contributed by atoms with Gasteiger partial charge >= 0.3 is 0 Å². The Morgan fingerprint density at radius 2 is 1.88 bits per heavy atom. The van der Waals surface area contributed by atoms with Gasteiger partial charge in [-0.25, -0.2) is 9.97 Å². The minimum atomic E-state index is -1.30. The number of ether oxygens (including phenoxy) is 1. The standard InChI is InChI=1S/C9H16N4O4/c1-17-6-7(10)11-5-12-8(6)13-9(2-14,3-15)4-16/h5,14-16H,2-4H2,1H3,(H3,10,11,12,13). The van der Waals surface area contributed by atoms with Gasteiger partial charge in [0.2, 0.25) is 5.75 Å². The third-order valence-electron chi connectivity index (χ3n) is 2.33. The van der Waals surface area contributed by atoms with E-state index in [1.54, 1.807) is 0 Å². The predicted molar refractivity (Wildman–Crippen MR) is 60.6 cm³/mol. The first kappa shape index (κ1) is 13.4. The average molecular weight is 244 g/mol. The van der Waals surface area contributed by atoms with E-state index in [1.807, 2.05) is 0 Å². The molecule has 0 aliphatic heterocycles. The quantitative estimate of drug-likeness (QED) is 0.395. The predicted octanol–water partition coefficient (Wildman–Crippen LogP) is -1.80. The van der Waals surface area contributed by atoms with Gasteiger partial charge in [0.25, 0.3) is 0 Å². The minimum Gasteiger partial charge on any atom is -0.490 e. The lowest BCUT2D eigenvalue weighted by atomic mass is 10.0. The van der Waals surface area contributed by atoms with Gasteiger partial charge in [-0.3, -0.25) is 0 Å². The molecule has 8 nitrogen and oxygen atoms in total. The Bertz CT molecular complexity index is 362. The van der Waals surface area contributed by atoms with Gasteiger partial charge in [-0.05, 0) is 0 Å². The van der Waals surface area contributed by atoms with Gasteiger partial charge in [0.1, 0.15) is 11.9 Å². The fraction of sp³-hybridized carbons (Fsp3) is 0.556. The number of hydrogen-bond donors (Lipinski definition) is 5. The van der Waals surface area contributed by atoms with Crippen molar-refractivity contribution in [1.29, 1.82) is 0 Å². The summed E-state index contributed by atoms with van der Waals surface area (Å²) in [5.74, 6) is 0.497. The second-order valence-corrected chi connectivity index (χ2v) is 3.52. The molecule has 0 aromatic carbocycles. The molecule has 1 aromatic heterocycles. The topological polar surface area (TPSA) is 134 Å². The number of nitrogens with one attached hydrogen (secondary N) is 1. The molecule has 0 aliphatic carbocycles. The molecule has 1 heterocycles. The molecule has 0 fully saturated rings. The highest BCUT2D eigenvalue weighted by Gasteiger charge is 2.29. The number of hydrogen-bond acceptors (Lipinski definition) is 8. The van der Waals surface area contributed by atoms with Crippen LogP contribution in [-0.4, -0.2) is 57.8 Å². The monoisotopic (exact) mass is 244 g/mol. The number of methoxy groups -OCH3 is 1. The fourth-order valence-electron chi connectivity index (χ4n) is 1.20. The van der Waals surface area contributed by atoms with Gasteiger partial charge in [-0.1, -0.05) is 0 Å². The Morgan fingerprint density at radius 3 is 2.35 bits per heavy atom. The van der Waals surface area contributed by atoms with Gasteiger partial charge < -0.3 is 31.1 Å². The molecule has 1 rings (SSSR count). The van der Waals surface area contributed by atoms with Crippen molar-refractivity contribution in [3.05, 3.63) is 6.33 Å². The molecular weight excluding hydrogens is 228 g/mol. The first-order valence-electron chi connectivity index (χ1n) is 4.87. The van der Waals surface area contributed by atoms with Crippen LogP contribution in [0.3, 0.4) is 0 Å². The number of aromatic nitrogens is 2. The van der Waals surface area contributed by atoms with Crippen LogP contribution in [0, 0.1) is 0 Å². The molecule has 0 atom stereocenters. The second-order valence-electron chi connectivity index (χ2n) is 3.52. The normalized spacial score (nSPS) is 11.3. The third kappa shape index (κ3) is 2.73. The molecule has 17 heavy (non-hydrogen) atoms. The molecule has 8 heteroatoms. The van der Waals surface area contributed by atoms with Crippen molar-refractivity contribution >= 4 is 11.6 Å². The summed E-state index contributed by atoms with van der Waals surface area (Å²) in [7, 11) is 1.39. The van der Waals surface area contributed by atoms with Crippen molar-refractivity contribution in [2.24, 2.45) is 0 Å². The van der Waals surface area contributed by atoms with Crippen LogP contribution < -0.4 is 15.8 Å². The van der Waals surface area contributed by atoms with Crippen LogP contribution >= 0.6 is 0 Å². The molecule has 0 saturated heterocycles. The van der Waals surface area contributed by atoms with Crippen LogP contribution in [-0.2, 0) is 0 Å². The van der Waals surface area contributed by atoms with Crippen molar-refractivity contribution in [2.45, 2.75) is 5.54 Å². The lowest BCUT2D eigenvalue weighted by molar-refractivity contribution is 0.0829. The van der Waals surface area contributed by atoms with Crippen LogP contribution in [0.2, 0.25) is 0 Å². The molecule has 6 N–H and O–H groups in total. The number of nitrogen functional groups attached to an aromatic ring is 1. The van der Waals surface area contributed by atoms with Crippen LogP contribution in [0.25, 0.3) is 0 Å². The van der Waals surface area contributed by atoms with Gasteiger partial charge in [-0.15, -0.1) is 0 Å².